The van der Waals surface area contributed by atoms with Gasteiger partial charge in [-0.1, -0.05) is 24.9 Å². The molecule has 0 aliphatic heterocycles. The van der Waals surface area contributed by atoms with Gasteiger partial charge in [-0.2, -0.15) is 4.72 Å². The van der Waals surface area contributed by atoms with Gasteiger partial charge in [0.15, 0.2) is 0 Å². The van der Waals surface area contributed by atoms with E-state index in [1.807, 2.05) is 4.72 Å². The van der Waals surface area contributed by atoms with Crippen LogP contribution in [0.4, 0.5) is 4.39 Å². The van der Waals surface area contributed by atoms with Crippen molar-refractivity contribution in [1.29, 1.82) is 0 Å². The maximum absolute atomic E-state index is 13.1. The van der Waals surface area contributed by atoms with Gasteiger partial charge in [-0.25, -0.2) is 12.8 Å². The molecule has 5 nitrogen and oxygen atoms in total. The molecule has 0 spiro atoms. The second-order valence-corrected chi connectivity index (χ2v) is 6.06. The Morgan fingerprint density at radius 1 is 1.47 bits per heavy atom. The van der Waals surface area contributed by atoms with Gasteiger partial charge in [0.05, 0.1) is 4.90 Å². The van der Waals surface area contributed by atoms with E-state index in [2.05, 4.69) is 0 Å². The number of nitrogens with one attached hydrogen (secondary N) is 1. The summed E-state index contributed by atoms with van der Waals surface area (Å²) in [5.41, 5.74) is 0. The standard InChI is InChI=1S/C11H13ClFNO4S/c1-2-3-10(11(15)16)14-19(17,18)9-5-7(12)4-8(13)6-9/h4-6,10,14H,2-3H2,1H3,(H,15,16). The lowest BCUT2D eigenvalue weighted by Crippen LogP contribution is -2.40. The van der Waals surface area contributed by atoms with E-state index in [4.69, 9.17) is 16.7 Å². The van der Waals surface area contributed by atoms with Crippen LogP contribution >= 0.6 is 11.6 Å². The lowest BCUT2D eigenvalue weighted by atomic mass is 10.2. The first kappa shape index (κ1) is 15.9. The first-order chi connectivity index (χ1) is 8.76. The molecule has 0 aliphatic carbocycles. The van der Waals surface area contributed by atoms with Crippen LogP contribution < -0.4 is 4.72 Å². The SMILES string of the molecule is CCCC(NS(=O)(=O)c1cc(F)cc(Cl)c1)C(=O)O. The molecule has 0 saturated carbocycles. The number of hydrogen-bond acceptors (Lipinski definition) is 3. The van der Waals surface area contributed by atoms with Crippen molar-refractivity contribution in [2.24, 2.45) is 0 Å². The number of halogens is 2. The number of carboxylic acids is 1. The molecule has 8 heteroatoms. The summed E-state index contributed by atoms with van der Waals surface area (Å²) in [6.07, 6.45) is 0.626. The third-order valence-electron chi connectivity index (χ3n) is 2.32. The minimum atomic E-state index is -4.13. The Labute approximate surface area is 115 Å². The molecule has 1 atom stereocenters. The zero-order valence-electron chi connectivity index (χ0n) is 10.1. The maximum Gasteiger partial charge on any atom is 0.321 e. The molecule has 106 valence electrons. The molecule has 19 heavy (non-hydrogen) atoms. The number of benzene rings is 1. The summed E-state index contributed by atoms with van der Waals surface area (Å²) in [5, 5.41) is 8.82. The Morgan fingerprint density at radius 3 is 2.58 bits per heavy atom. The third kappa shape index (κ3) is 4.45. The van der Waals surface area contributed by atoms with Crippen molar-refractivity contribution in [3.05, 3.63) is 29.0 Å². The summed E-state index contributed by atoms with van der Waals surface area (Å²) in [6, 6.07) is 1.54. The topological polar surface area (TPSA) is 83.5 Å². The molecule has 0 amide bonds. The second kappa shape index (κ2) is 6.31. The Bertz CT molecular complexity index is 556. The van der Waals surface area contributed by atoms with Crippen LogP contribution in [0.3, 0.4) is 0 Å². The second-order valence-electron chi connectivity index (χ2n) is 3.91. The molecular weight excluding hydrogens is 297 g/mol. The van der Waals surface area contributed by atoms with Crippen LogP contribution in [-0.2, 0) is 14.8 Å². The van der Waals surface area contributed by atoms with E-state index in [1.165, 1.54) is 0 Å². The van der Waals surface area contributed by atoms with Crippen molar-refractivity contribution in [3.8, 4) is 0 Å². The minimum Gasteiger partial charge on any atom is -0.480 e. The van der Waals surface area contributed by atoms with Gasteiger partial charge >= 0.3 is 5.97 Å². The van der Waals surface area contributed by atoms with Crippen molar-refractivity contribution in [2.45, 2.75) is 30.7 Å². The first-order valence-corrected chi connectivity index (χ1v) is 7.33. The van der Waals surface area contributed by atoms with Crippen molar-refractivity contribution >= 4 is 27.6 Å². The van der Waals surface area contributed by atoms with Gasteiger partial charge in [0.25, 0.3) is 0 Å². The van der Waals surface area contributed by atoms with E-state index in [0.29, 0.717) is 6.42 Å². The summed E-state index contributed by atoms with van der Waals surface area (Å²) in [4.78, 5) is 10.5. The molecular formula is C11H13ClFNO4S. The van der Waals surface area contributed by atoms with Crippen molar-refractivity contribution in [3.63, 3.8) is 0 Å². The van der Waals surface area contributed by atoms with Crippen LogP contribution in [0.15, 0.2) is 23.1 Å². The van der Waals surface area contributed by atoms with Crippen LogP contribution in [0.5, 0.6) is 0 Å². The van der Waals surface area contributed by atoms with Crippen molar-refractivity contribution < 1.29 is 22.7 Å². The third-order valence-corrected chi connectivity index (χ3v) is 3.99. The normalized spacial score (nSPS) is 13.2. The molecule has 0 fully saturated rings. The Hall–Kier alpha value is -1.18. The summed E-state index contributed by atoms with van der Waals surface area (Å²) < 4.78 is 39.0. The van der Waals surface area contributed by atoms with Gasteiger partial charge in [0.2, 0.25) is 10.0 Å². The first-order valence-electron chi connectivity index (χ1n) is 5.47. The van der Waals surface area contributed by atoms with Crippen LogP contribution in [0.2, 0.25) is 5.02 Å². The van der Waals surface area contributed by atoms with E-state index >= 15 is 0 Å². The van der Waals surface area contributed by atoms with Gasteiger partial charge < -0.3 is 5.11 Å². The molecule has 0 radical (unpaired) electrons. The van der Waals surface area contributed by atoms with Crippen molar-refractivity contribution in [2.75, 3.05) is 0 Å². The largest absolute Gasteiger partial charge is 0.480 e. The molecule has 1 aromatic carbocycles. The van der Waals surface area contributed by atoms with E-state index in [-0.39, 0.29) is 11.4 Å². The monoisotopic (exact) mass is 309 g/mol. The number of aliphatic carboxylic acids is 1. The molecule has 0 heterocycles. The number of rotatable bonds is 6. The van der Waals surface area contributed by atoms with Gasteiger partial charge in [-0.05, 0) is 24.6 Å². The van der Waals surface area contributed by atoms with E-state index < -0.39 is 32.7 Å². The molecule has 0 bridgehead atoms. The molecule has 2 N–H and O–H groups in total. The van der Waals surface area contributed by atoms with Crippen LogP contribution in [-0.4, -0.2) is 25.5 Å². The highest BCUT2D eigenvalue weighted by Crippen LogP contribution is 2.18. The highest BCUT2D eigenvalue weighted by Gasteiger charge is 2.25. The average Bonchev–Trinajstić information content (AvgIpc) is 2.26. The fraction of sp³-hybridized carbons (Fsp3) is 0.364. The molecule has 1 rings (SSSR count). The fourth-order valence-electron chi connectivity index (χ4n) is 1.46. The quantitative estimate of drug-likeness (QED) is 0.842. The summed E-state index contributed by atoms with van der Waals surface area (Å²) in [5.74, 6) is -2.09. The zero-order valence-corrected chi connectivity index (χ0v) is 11.6. The summed E-state index contributed by atoms with van der Waals surface area (Å²) >= 11 is 5.57. The lowest BCUT2D eigenvalue weighted by Gasteiger charge is -2.14. The number of hydrogen-bond donors (Lipinski definition) is 2. The van der Waals surface area contributed by atoms with E-state index in [1.54, 1.807) is 6.92 Å². The smallest absolute Gasteiger partial charge is 0.321 e. The van der Waals surface area contributed by atoms with Gasteiger partial charge in [-0.15, -0.1) is 0 Å². The summed E-state index contributed by atoms with van der Waals surface area (Å²) in [7, 11) is -4.13. The lowest BCUT2D eigenvalue weighted by molar-refractivity contribution is -0.139. The summed E-state index contributed by atoms with van der Waals surface area (Å²) in [6.45, 7) is 1.73. The van der Waals surface area contributed by atoms with E-state index in [0.717, 1.165) is 18.2 Å². The molecule has 0 aliphatic rings. The molecule has 1 aromatic rings. The van der Waals surface area contributed by atoms with Gasteiger partial charge in [-0.3, -0.25) is 4.79 Å². The van der Waals surface area contributed by atoms with E-state index in [9.17, 15) is 17.6 Å². The number of sulfonamides is 1. The van der Waals surface area contributed by atoms with Crippen LogP contribution in [0, 0.1) is 5.82 Å². The predicted molar refractivity (Wildman–Crippen MR) is 68.1 cm³/mol. The maximum atomic E-state index is 13.1. The minimum absolute atomic E-state index is 0.0808. The predicted octanol–water partition coefficient (Wildman–Crippen LogP) is 2.01. The van der Waals surface area contributed by atoms with Gasteiger partial charge in [0, 0.05) is 5.02 Å². The molecule has 1 unspecified atom stereocenters. The van der Waals surface area contributed by atoms with Crippen LogP contribution in [0.1, 0.15) is 19.8 Å². The van der Waals surface area contributed by atoms with Crippen LogP contribution in [0.25, 0.3) is 0 Å². The highest BCUT2D eigenvalue weighted by atomic mass is 35.5. The Balaban J connectivity index is 3.06. The number of carbonyl (C=O) groups is 1. The Morgan fingerprint density at radius 2 is 2.11 bits per heavy atom. The Kier molecular flexibility index (Phi) is 5.28. The number of carboxylic acid groups (broad SMARTS) is 1. The highest BCUT2D eigenvalue weighted by molar-refractivity contribution is 7.89. The van der Waals surface area contributed by atoms with Gasteiger partial charge in [0.1, 0.15) is 11.9 Å². The molecule has 0 aromatic heterocycles. The molecule has 0 saturated heterocycles. The fourth-order valence-corrected chi connectivity index (χ4v) is 3.03. The van der Waals surface area contributed by atoms with Crippen molar-refractivity contribution in [1.82, 2.24) is 4.72 Å². The zero-order chi connectivity index (χ0) is 14.6. The average molecular weight is 310 g/mol.